The van der Waals surface area contributed by atoms with Gasteiger partial charge in [0.15, 0.2) is 11.5 Å². The minimum Gasteiger partial charge on any atom is -0.493 e. The fourth-order valence-corrected chi connectivity index (χ4v) is 1.63. The van der Waals surface area contributed by atoms with Gasteiger partial charge in [-0.2, -0.15) is 0 Å². The fourth-order valence-electron chi connectivity index (χ4n) is 1.63. The Morgan fingerprint density at radius 1 is 1.20 bits per heavy atom. The minimum atomic E-state index is -0.153. The standard InChI is InChI=1S/C14H22N2O4/c1-4-6-20-7-5-14(17)16-11-9-13(19-3)12(18-2)8-10(11)15/h8-9H,4-7,15H2,1-3H3,(H,16,17). The molecule has 6 heteroatoms. The third kappa shape index (κ3) is 4.62. The molecule has 0 saturated heterocycles. The lowest BCUT2D eigenvalue weighted by atomic mass is 10.2. The summed E-state index contributed by atoms with van der Waals surface area (Å²) >= 11 is 0. The second-order valence-electron chi connectivity index (χ2n) is 4.20. The van der Waals surface area contributed by atoms with Crippen LogP contribution in [0.1, 0.15) is 19.8 Å². The van der Waals surface area contributed by atoms with Crippen LogP contribution in [-0.4, -0.2) is 33.3 Å². The van der Waals surface area contributed by atoms with Gasteiger partial charge in [0, 0.05) is 18.7 Å². The van der Waals surface area contributed by atoms with Crippen molar-refractivity contribution in [2.24, 2.45) is 0 Å². The SMILES string of the molecule is CCCOCCC(=O)Nc1cc(OC)c(OC)cc1N. The van der Waals surface area contributed by atoms with Crippen molar-refractivity contribution in [3.8, 4) is 11.5 Å². The first kappa shape index (κ1) is 16.1. The Labute approximate surface area is 119 Å². The lowest BCUT2D eigenvalue weighted by molar-refractivity contribution is -0.117. The maximum absolute atomic E-state index is 11.8. The number of ether oxygens (including phenoxy) is 3. The predicted octanol–water partition coefficient (Wildman–Crippen LogP) is 2.04. The Morgan fingerprint density at radius 3 is 2.45 bits per heavy atom. The molecule has 0 fully saturated rings. The van der Waals surface area contributed by atoms with E-state index in [4.69, 9.17) is 19.9 Å². The number of amides is 1. The van der Waals surface area contributed by atoms with Crippen LogP contribution in [0.25, 0.3) is 0 Å². The first-order valence-corrected chi connectivity index (χ1v) is 6.51. The summed E-state index contributed by atoms with van der Waals surface area (Å²) in [5, 5.41) is 2.73. The van der Waals surface area contributed by atoms with E-state index in [-0.39, 0.29) is 12.3 Å². The van der Waals surface area contributed by atoms with Crippen LogP contribution in [0, 0.1) is 0 Å². The Morgan fingerprint density at radius 2 is 1.85 bits per heavy atom. The van der Waals surface area contributed by atoms with Crippen LogP contribution < -0.4 is 20.5 Å². The van der Waals surface area contributed by atoms with Gasteiger partial charge in [0.1, 0.15) is 0 Å². The summed E-state index contributed by atoms with van der Waals surface area (Å²) in [6.45, 7) is 3.07. The number of nitrogen functional groups attached to an aromatic ring is 1. The zero-order valence-corrected chi connectivity index (χ0v) is 12.2. The highest BCUT2D eigenvalue weighted by Gasteiger charge is 2.11. The number of methoxy groups -OCH3 is 2. The summed E-state index contributed by atoms with van der Waals surface area (Å²) in [6.07, 6.45) is 1.22. The molecular weight excluding hydrogens is 260 g/mol. The molecule has 1 rings (SSSR count). The molecule has 0 aliphatic carbocycles. The van der Waals surface area contributed by atoms with Gasteiger partial charge in [0.05, 0.1) is 38.6 Å². The van der Waals surface area contributed by atoms with Crippen molar-refractivity contribution in [3.63, 3.8) is 0 Å². The highest BCUT2D eigenvalue weighted by molar-refractivity contribution is 5.94. The molecule has 1 amide bonds. The van der Waals surface area contributed by atoms with Gasteiger partial charge in [-0.15, -0.1) is 0 Å². The number of nitrogens with one attached hydrogen (secondary N) is 1. The lowest BCUT2D eigenvalue weighted by Crippen LogP contribution is -2.15. The number of rotatable bonds is 8. The Hall–Kier alpha value is -1.95. The number of hydrogen-bond donors (Lipinski definition) is 2. The van der Waals surface area contributed by atoms with E-state index in [1.165, 1.54) is 14.2 Å². The van der Waals surface area contributed by atoms with Gasteiger partial charge >= 0.3 is 0 Å². The van der Waals surface area contributed by atoms with E-state index in [0.29, 0.717) is 36.1 Å². The largest absolute Gasteiger partial charge is 0.493 e. The van der Waals surface area contributed by atoms with E-state index in [1.54, 1.807) is 12.1 Å². The normalized spacial score (nSPS) is 10.2. The molecule has 0 aliphatic heterocycles. The van der Waals surface area contributed by atoms with Crippen LogP contribution in [0.2, 0.25) is 0 Å². The maximum atomic E-state index is 11.8. The summed E-state index contributed by atoms with van der Waals surface area (Å²) in [4.78, 5) is 11.8. The van der Waals surface area contributed by atoms with Gasteiger partial charge in [0.2, 0.25) is 5.91 Å². The molecule has 0 saturated carbocycles. The predicted molar refractivity (Wildman–Crippen MR) is 78.3 cm³/mol. The monoisotopic (exact) mass is 282 g/mol. The van der Waals surface area contributed by atoms with Gasteiger partial charge in [-0.1, -0.05) is 6.92 Å². The first-order valence-electron chi connectivity index (χ1n) is 6.51. The van der Waals surface area contributed by atoms with Gasteiger partial charge < -0.3 is 25.3 Å². The van der Waals surface area contributed by atoms with E-state index in [1.807, 2.05) is 6.92 Å². The van der Waals surface area contributed by atoms with Crippen LogP contribution in [0.4, 0.5) is 11.4 Å². The molecular formula is C14H22N2O4. The first-order chi connectivity index (χ1) is 9.62. The van der Waals surface area contributed by atoms with Crippen LogP contribution in [0.3, 0.4) is 0 Å². The molecule has 0 unspecified atom stereocenters. The molecule has 0 spiro atoms. The second kappa shape index (κ2) is 8.27. The summed E-state index contributed by atoms with van der Waals surface area (Å²) in [5.74, 6) is 0.883. The lowest BCUT2D eigenvalue weighted by Gasteiger charge is -2.13. The number of carbonyl (C=O) groups excluding carboxylic acids is 1. The molecule has 3 N–H and O–H groups in total. The fraction of sp³-hybridized carbons (Fsp3) is 0.500. The molecule has 0 aromatic heterocycles. The third-order valence-electron chi connectivity index (χ3n) is 2.65. The molecule has 0 bridgehead atoms. The molecule has 112 valence electrons. The number of anilines is 2. The number of benzene rings is 1. The summed E-state index contributed by atoms with van der Waals surface area (Å²) in [5.41, 5.74) is 6.79. The van der Waals surface area contributed by atoms with Crippen molar-refractivity contribution in [3.05, 3.63) is 12.1 Å². The van der Waals surface area contributed by atoms with Gasteiger partial charge in [0.25, 0.3) is 0 Å². The molecule has 6 nitrogen and oxygen atoms in total. The van der Waals surface area contributed by atoms with E-state index < -0.39 is 0 Å². The van der Waals surface area contributed by atoms with Crippen molar-refractivity contribution in [2.75, 3.05) is 38.5 Å². The van der Waals surface area contributed by atoms with Gasteiger partial charge in [-0.25, -0.2) is 0 Å². The average Bonchev–Trinajstić information content (AvgIpc) is 2.45. The maximum Gasteiger partial charge on any atom is 0.226 e. The molecule has 0 aliphatic rings. The van der Waals surface area contributed by atoms with Gasteiger partial charge in [-0.05, 0) is 6.42 Å². The topological polar surface area (TPSA) is 82.8 Å². The van der Waals surface area contributed by atoms with E-state index in [2.05, 4.69) is 5.32 Å². The molecule has 0 heterocycles. The van der Waals surface area contributed by atoms with E-state index in [0.717, 1.165) is 6.42 Å². The Kier molecular flexibility index (Phi) is 6.66. The number of carbonyl (C=O) groups is 1. The Bertz CT molecular complexity index is 449. The summed E-state index contributed by atoms with van der Waals surface area (Å²) < 4.78 is 15.6. The quantitative estimate of drug-likeness (QED) is 0.563. The summed E-state index contributed by atoms with van der Waals surface area (Å²) in [6, 6.07) is 3.25. The number of nitrogens with two attached hydrogens (primary N) is 1. The zero-order valence-electron chi connectivity index (χ0n) is 12.2. The van der Waals surface area contributed by atoms with Crippen LogP contribution in [-0.2, 0) is 9.53 Å². The number of hydrogen-bond acceptors (Lipinski definition) is 5. The van der Waals surface area contributed by atoms with Crippen molar-refractivity contribution in [1.29, 1.82) is 0 Å². The zero-order chi connectivity index (χ0) is 15.0. The molecule has 0 atom stereocenters. The van der Waals surface area contributed by atoms with Crippen molar-refractivity contribution in [2.45, 2.75) is 19.8 Å². The van der Waals surface area contributed by atoms with E-state index >= 15 is 0 Å². The van der Waals surface area contributed by atoms with E-state index in [9.17, 15) is 4.79 Å². The third-order valence-corrected chi connectivity index (χ3v) is 2.65. The molecule has 1 aromatic rings. The van der Waals surface area contributed by atoms with Crippen molar-refractivity contribution < 1.29 is 19.0 Å². The smallest absolute Gasteiger partial charge is 0.226 e. The second-order valence-corrected chi connectivity index (χ2v) is 4.20. The van der Waals surface area contributed by atoms with Crippen LogP contribution >= 0.6 is 0 Å². The van der Waals surface area contributed by atoms with Crippen LogP contribution in [0.15, 0.2) is 12.1 Å². The molecule has 20 heavy (non-hydrogen) atoms. The highest BCUT2D eigenvalue weighted by atomic mass is 16.5. The van der Waals surface area contributed by atoms with Crippen LogP contribution in [0.5, 0.6) is 11.5 Å². The Balaban J connectivity index is 2.65. The minimum absolute atomic E-state index is 0.153. The van der Waals surface area contributed by atoms with Crippen molar-refractivity contribution in [1.82, 2.24) is 0 Å². The molecule has 0 radical (unpaired) electrons. The molecule has 1 aromatic carbocycles. The van der Waals surface area contributed by atoms with Crippen molar-refractivity contribution >= 4 is 17.3 Å². The summed E-state index contributed by atoms with van der Waals surface area (Å²) in [7, 11) is 3.05. The average molecular weight is 282 g/mol. The van der Waals surface area contributed by atoms with Gasteiger partial charge in [-0.3, -0.25) is 4.79 Å². The highest BCUT2D eigenvalue weighted by Crippen LogP contribution is 2.34.